The van der Waals surface area contributed by atoms with E-state index in [0.717, 1.165) is 51.0 Å². The third kappa shape index (κ3) is 2.88. The summed E-state index contributed by atoms with van der Waals surface area (Å²) in [6.45, 7) is 2.71. The van der Waals surface area contributed by atoms with E-state index in [1.807, 2.05) is 17.2 Å². The molecule has 0 atom stereocenters. The summed E-state index contributed by atoms with van der Waals surface area (Å²) in [7, 11) is 0. The normalized spacial score (nSPS) is 17.5. The fourth-order valence-electron chi connectivity index (χ4n) is 3.77. The molecule has 1 fully saturated rings. The Hall–Kier alpha value is -2.36. The summed E-state index contributed by atoms with van der Waals surface area (Å²) < 4.78 is 0. The highest BCUT2D eigenvalue weighted by Crippen LogP contribution is 2.33. The number of hydrogen-bond acceptors (Lipinski definition) is 3. The van der Waals surface area contributed by atoms with Crippen molar-refractivity contribution in [3.05, 3.63) is 53.9 Å². The van der Waals surface area contributed by atoms with Gasteiger partial charge in [0.05, 0.1) is 17.4 Å². The number of aromatic nitrogens is 1. The lowest BCUT2D eigenvalue weighted by Crippen LogP contribution is -2.35. The van der Waals surface area contributed by atoms with E-state index in [1.165, 1.54) is 17.7 Å². The quantitative estimate of drug-likeness (QED) is 0.844. The minimum atomic E-state index is 0.120. The second kappa shape index (κ2) is 6.63. The fourth-order valence-corrected chi connectivity index (χ4v) is 3.77. The van der Waals surface area contributed by atoms with Crippen LogP contribution in [0.1, 0.15) is 41.6 Å². The van der Waals surface area contributed by atoms with Crippen molar-refractivity contribution in [1.82, 2.24) is 9.88 Å². The highest BCUT2D eigenvalue weighted by atomic mass is 16.2. The largest absolute Gasteiger partial charge is 0.340 e. The van der Waals surface area contributed by atoms with Crippen LogP contribution in [0.3, 0.4) is 0 Å². The van der Waals surface area contributed by atoms with Crippen LogP contribution in [0.15, 0.2) is 42.7 Å². The lowest BCUT2D eigenvalue weighted by molar-refractivity contribution is 0.0724. The van der Waals surface area contributed by atoms with Gasteiger partial charge in [-0.3, -0.25) is 9.78 Å². The fraction of sp³-hybridized carbons (Fsp3) is 0.400. The Kier molecular flexibility index (Phi) is 4.20. The van der Waals surface area contributed by atoms with Gasteiger partial charge in [-0.15, -0.1) is 0 Å². The summed E-state index contributed by atoms with van der Waals surface area (Å²) in [5.74, 6) is 0.120. The number of nitrogens with zero attached hydrogens (tertiary/aromatic N) is 3. The maximum absolute atomic E-state index is 12.7. The monoisotopic (exact) mass is 321 g/mol. The molecule has 124 valence electrons. The minimum Gasteiger partial charge on any atom is -0.340 e. The van der Waals surface area contributed by atoms with E-state index >= 15 is 0 Å². The Morgan fingerprint density at radius 1 is 0.958 bits per heavy atom. The van der Waals surface area contributed by atoms with Gasteiger partial charge in [-0.25, -0.2) is 0 Å². The zero-order chi connectivity index (χ0) is 16.4. The third-order valence-corrected chi connectivity index (χ3v) is 5.04. The van der Waals surface area contributed by atoms with Crippen molar-refractivity contribution in [1.29, 1.82) is 0 Å². The molecule has 3 heterocycles. The van der Waals surface area contributed by atoms with Crippen LogP contribution in [-0.2, 0) is 6.42 Å². The molecule has 1 amide bonds. The van der Waals surface area contributed by atoms with Crippen molar-refractivity contribution in [2.75, 3.05) is 24.5 Å². The number of likely N-dealkylation sites (tertiary alicyclic amines) is 1. The van der Waals surface area contributed by atoms with Crippen LogP contribution < -0.4 is 4.90 Å². The van der Waals surface area contributed by atoms with Crippen LogP contribution in [-0.4, -0.2) is 35.4 Å². The molecule has 24 heavy (non-hydrogen) atoms. The highest BCUT2D eigenvalue weighted by Gasteiger charge is 2.22. The van der Waals surface area contributed by atoms with E-state index < -0.39 is 0 Å². The number of benzene rings is 1. The molecule has 0 unspecified atom stereocenters. The second-order valence-corrected chi connectivity index (χ2v) is 6.67. The van der Waals surface area contributed by atoms with Crippen molar-refractivity contribution in [2.45, 2.75) is 32.1 Å². The molecule has 4 rings (SSSR count). The molecule has 0 spiro atoms. The number of pyridine rings is 1. The summed E-state index contributed by atoms with van der Waals surface area (Å²) in [5.41, 5.74) is 4.34. The van der Waals surface area contributed by atoms with Gasteiger partial charge in [0.2, 0.25) is 0 Å². The number of hydrogen-bond donors (Lipinski definition) is 0. The summed E-state index contributed by atoms with van der Waals surface area (Å²) in [6, 6.07) is 10.5. The number of rotatable bonds is 2. The number of fused-ring (bicyclic) bond motifs is 1. The molecule has 4 heteroatoms. The van der Waals surface area contributed by atoms with E-state index in [2.05, 4.69) is 34.1 Å². The van der Waals surface area contributed by atoms with Gasteiger partial charge in [0, 0.05) is 31.5 Å². The third-order valence-electron chi connectivity index (χ3n) is 5.04. The molecule has 1 saturated heterocycles. The average molecular weight is 321 g/mol. The predicted octanol–water partition coefficient (Wildman–Crippen LogP) is 3.79. The molecule has 2 aromatic rings. The van der Waals surface area contributed by atoms with E-state index in [1.54, 1.807) is 6.20 Å². The average Bonchev–Trinajstić information content (AvgIpc) is 2.68. The van der Waals surface area contributed by atoms with Gasteiger partial charge in [-0.2, -0.15) is 0 Å². The number of amides is 1. The van der Waals surface area contributed by atoms with Crippen molar-refractivity contribution in [3.8, 4) is 0 Å². The molecular formula is C20H23N3O. The SMILES string of the molecule is O=C(c1cncc(N2CCCc3ccccc32)c1)N1CCCCC1. The summed E-state index contributed by atoms with van der Waals surface area (Å²) >= 11 is 0. The van der Waals surface area contributed by atoms with Gasteiger partial charge in [0.15, 0.2) is 0 Å². The number of carbonyl (C=O) groups is 1. The number of carbonyl (C=O) groups excluding carboxylic acids is 1. The summed E-state index contributed by atoms with van der Waals surface area (Å²) in [6.07, 6.45) is 9.27. The Morgan fingerprint density at radius 2 is 1.79 bits per heavy atom. The van der Waals surface area contributed by atoms with Crippen molar-refractivity contribution in [2.24, 2.45) is 0 Å². The van der Waals surface area contributed by atoms with Gasteiger partial charge in [0.25, 0.3) is 5.91 Å². The molecule has 2 aliphatic rings. The van der Waals surface area contributed by atoms with Gasteiger partial charge < -0.3 is 9.80 Å². The molecule has 0 bridgehead atoms. The zero-order valence-corrected chi connectivity index (χ0v) is 13.9. The molecule has 0 radical (unpaired) electrons. The van der Waals surface area contributed by atoms with Crippen molar-refractivity contribution >= 4 is 17.3 Å². The number of piperidine rings is 1. The lowest BCUT2D eigenvalue weighted by Gasteiger charge is -2.31. The first kappa shape index (κ1) is 15.2. The molecule has 1 aromatic heterocycles. The van der Waals surface area contributed by atoms with Crippen molar-refractivity contribution in [3.63, 3.8) is 0 Å². The maximum Gasteiger partial charge on any atom is 0.255 e. The standard InChI is InChI=1S/C20H23N3O/c24-20(22-10-4-1-5-11-22)17-13-18(15-21-14-17)23-12-6-8-16-7-2-3-9-19(16)23/h2-3,7,9,13-15H,1,4-6,8,10-12H2. The predicted molar refractivity (Wildman–Crippen MR) is 95.8 cm³/mol. The number of para-hydroxylation sites is 1. The Morgan fingerprint density at radius 3 is 2.67 bits per heavy atom. The molecule has 4 nitrogen and oxygen atoms in total. The molecule has 0 saturated carbocycles. The molecule has 0 aliphatic carbocycles. The van der Waals surface area contributed by atoms with Crippen LogP contribution in [0.25, 0.3) is 0 Å². The van der Waals surface area contributed by atoms with E-state index in [-0.39, 0.29) is 5.91 Å². The van der Waals surface area contributed by atoms with Gasteiger partial charge in [0.1, 0.15) is 0 Å². The van der Waals surface area contributed by atoms with Crippen LogP contribution in [0, 0.1) is 0 Å². The Labute approximate surface area is 143 Å². The van der Waals surface area contributed by atoms with E-state index in [9.17, 15) is 4.79 Å². The molecule has 2 aliphatic heterocycles. The smallest absolute Gasteiger partial charge is 0.255 e. The zero-order valence-electron chi connectivity index (χ0n) is 13.9. The van der Waals surface area contributed by atoms with Gasteiger partial charge >= 0.3 is 0 Å². The summed E-state index contributed by atoms with van der Waals surface area (Å²) in [4.78, 5) is 21.4. The van der Waals surface area contributed by atoms with E-state index in [0.29, 0.717) is 5.56 Å². The topological polar surface area (TPSA) is 36.4 Å². The first-order chi connectivity index (χ1) is 11.8. The lowest BCUT2D eigenvalue weighted by atomic mass is 10.0. The molecule has 0 N–H and O–H groups in total. The number of anilines is 2. The van der Waals surface area contributed by atoms with Crippen LogP contribution in [0.4, 0.5) is 11.4 Å². The Balaban J connectivity index is 1.62. The van der Waals surface area contributed by atoms with E-state index in [4.69, 9.17) is 0 Å². The maximum atomic E-state index is 12.7. The van der Waals surface area contributed by atoms with Crippen LogP contribution in [0.5, 0.6) is 0 Å². The molecular weight excluding hydrogens is 298 g/mol. The van der Waals surface area contributed by atoms with Crippen LogP contribution >= 0.6 is 0 Å². The minimum absolute atomic E-state index is 0.120. The van der Waals surface area contributed by atoms with Gasteiger partial charge in [-0.1, -0.05) is 18.2 Å². The Bertz CT molecular complexity index is 737. The van der Waals surface area contributed by atoms with Crippen LogP contribution in [0.2, 0.25) is 0 Å². The second-order valence-electron chi connectivity index (χ2n) is 6.67. The molecule has 1 aromatic carbocycles. The van der Waals surface area contributed by atoms with Gasteiger partial charge in [-0.05, 0) is 49.8 Å². The van der Waals surface area contributed by atoms with Crippen molar-refractivity contribution < 1.29 is 4.79 Å². The first-order valence-electron chi connectivity index (χ1n) is 8.93. The highest BCUT2D eigenvalue weighted by molar-refractivity contribution is 5.95. The first-order valence-corrected chi connectivity index (χ1v) is 8.93. The number of aryl methyl sites for hydroxylation is 1. The summed E-state index contributed by atoms with van der Waals surface area (Å²) in [5, 5.41) is 0.